The Kier molecular flexibility index (Phi) is 3.53. The number of amides is 1. The number of carbonyl (C=O) groups is 1. The molecule has 1 amide bonds. The lowest BCUT2D eigenvalue weighted by Crippen LogP contribution is -2.40. The molecule has 0 aromatic rings. The Labute approximate surface area is 98.6 Å². The third-order valence-electron chi connectivity index (χ3n) is 4.33. The van der Waals surface area contributed by atoms with Crippen LogP contribution in [-0.2, 0) is 4.79 Å². The molecule has 2 aliphatic rings. The molecule has 1 heterocycles. The van der Waals surface area contributed by atoms with Crippen molar-refractivity contribution in [2.24, 2.45) is 11.8 Å². The molecule has 2 fully saturated rings. The summed E-state index contributed by atoms with van der Waals surface area (Å²) in [5.41, 5.74) is 0. The van der Waals surface area contributed by atoms with Crippen LogP contribution in [0.5, 0.6) is 0 Å². The molecule has 1 N–H and O–H groups in total. The number of carbonyl (C=O) groups excluding carboxylic acids is 1. The van der Waals surface area contributed by atoms with Crippen molar-refractivity contribution in [1.82, 2.24) is 10.2 Å². The van der Waals surface area contributed by atoms with Crippen molar-refractivity contribution in [2.45, 2.75) is 58.7 Å². The maximum Gasteiger partial charge on any atom is 0.240 e. The predicted molar refractivity (Wildman–Crippen MR) is 64.9 cm³/mol. The quantitative estimate of drug-likeness (QED) is 0.778. The van der Waals surface area contributed by atoms with Crippen LogP contribution in [0.25, 0.3) is 0 Å². The van der Waals surface area contributed by atoms with Gasteiger partial charge in [-0.05, 0) is 32.1 Å². The molecule has 1 aliphatic carbocycles. The third-order valence-corrected chi connectivity index (χ3v) is 4.33. The lowest BCUT2D eigenvalue weighted by Gasteiger charge is -2.33. The first-order chi connectivity index (χ1) is 7.59. The van der Waals surface area contributed by atoms with Crippen molar-refractivity contribution in [1.29, 1.82) is 0 Å². The molecule has 1 saturated carbocycles. The Morgan fingerprint density at radius 1 is 1.25 bits per heavy atom. The second-order valence-corrected chi connectivity index (χ2v) is 5.58. The number of nitrogens with zero attached hydrogens (tertiary/aromatic N) is 1. The summed E-state index contributed by atoms with van der Waals surface area (Å²) in [4.78, 5) is 14.0. The van der Waals surface area contributed by atoms with E-state index in [9.17, 15) is 4.79 Å². The average Bonchev–Trinajstić information content (AvgIpc) is 2.48. The van der Waals surface area contributed by atoms with Gasteiger partial charge in [-0.3, -0.25) is 10.1 Å². The minimum Gasteiger partial charge on any atom is -0.326 e. The van der Waals surface area contributed by atoms with Crippen LogP contribution in [0.2, 0.25) is 0 Å². The van der Waals surface area contributed by atoms with Crippen molar-refractivity contribution < 1.29 is 4.79 Å². The number of hydrogen-bond donors (Lipinski definition) is 1. The lowest BCUT2D eigenvalue weighted by molar-refractivity contribution is -0.130. The van der Waals surface area contributed by atoms with E-state index in [0.717, 1.165) is 12.5 Å². The maximum absolute atomic E-state index is 12.0. The standard InChI is InChI=1S/C13H24N2O/c1-9-6-4-5-7-12(9)8-15-11(3)14-10(2)13(15)16/h9-12,14H,4-8H2,1-3H3. The zero-order valence-electron chi connectivity index (χ0n) is 10.7. The van der Waals surface area contributed by atoms with Gasteiger partial charge in [0.05, 0.1) is 12.2 Å². The smallest absolute Gasteiger partial charge is 0.240 e. The van der Waals surface area contributed by atoms with E-state index in [1.165, 1.54) is 25.7 Å². The molecule has 1 aliphatic heterocycles. The number of hydrogen-bond acceptors (Lipinski definition) is 2. The Balaban J connectivity index is 1.95. The molecular weight excluding hydrogens is 200 g/mol. The Morgan fingerprint density at radius 2 is 1.94 bits per heavy atom. The maximum atomic E-state index is 12.0. The van der Waals surface area contributed by atoms with Crippen LogP contribution in [0, 0.1) is 11.8 Å². The van der Waals surface area contributed by atoms with E-state index < -0.39 is 0 Å². The van der Waals surface area contributed by atoms with Gasteiger partial charge in [-0.2, -0.15) is 0 Å². The number of nitrogens with one attached hydrogen (secondary N) is 1. The first-order valence-electron chi connectivity index (χ1n) is 6.66. The van der Waals surface area contributed by atoms with Crippen molar-refractivity contribution in [3.8, 4) is 0 Å². The molecule has 3 heteroatoms. The summed E-state index contributed by atoms with van der Waals surface area (Å²) in [6.07, 6.45) is 5.57. The summed E-state index contributed by atoms with van der Waals surface area (Å²) in [6.45, 7) is 7.35. The molecular formula is C13H24N2O. The highest BCUT2D eigenvalue weighted by atomic mass is 16.2. The molecule has 3 nitrogen and oxygen atoms in total. The number of rotatable bonds is 2. The molecule has 4 atom stereocenters. The summed E-state index contributed by atoms with van der Waals surface area (Å²) < 4.78 is 0. The van der Waals surface area contributed by atoms with Gasteiger partial charge in [-0.25, -0.2) is 0 Å². The van der Waals surface area contributed by atoms with Gasteiger partial charge in [0.2, 0.25) is 5.91 Å². The third kappa shape index (κ3) is 2.24. The normalized spacial score (nSPS) is 40.4. The van der Waals surface area contributed by atoms with Crippen LogP contribution in [0.4, 0.5) is 0 Å². The van der Waals surface area contributed by atoms with Gasteiger partial charge < -0.3 is 4.90 Å². The van der Waals surface area contributed by atoms with Gasteiger partial charge in [0.15, 0.2) is 0 Å². The Bertz CT molecular complexity index is 267. The average molecular weight is 224 g/mol. The van der Waals surface area contributed by atoms with Gasteiger partial charge in [-0.15, -0.1) is 0 Å². The van der Waals surface area contributed by atoms with Crippen LogP contribution in [0.15, 0.2) is 0 Å². The minimum atomic E-state index is 0.00824. The summed E-state index contributed by atoms with van der Waals surface area (Å²) in [5.74, 6) is 1.78. The molecule has 1 saturated heterocycles. The van der Waals surface area contributed by atoms with Crippen LogP contribution < -0.4 is 5.32 Å². The van der Waals surface area contributed by atoms with E-state index >= 15 is 0 Å². The first-order valence-corrected chi connectivity index (χ1v) is 6.66. The zero-order valence-corrected chi connectivity index (χ0v) is 10.7. The topological polar surface area (TPSA) is 32.3 Å². The van der Waals surface area contributed by atoms with E-state index in [1.54, 1.807) is 0 Å². The minimum absolute atomic E-state index is 0.00824. The van der Waals surface area contributed by atoms with Crippen molar-refractivity contribution >= 4 is 5.91 Å². The highest BCUT2D eigenvalue weighted by Crippen LogP contribution is 2.31. The molecule has 16 heavy (non-hydrogen) atoms. The van der Waals surface area contributed by atoms with Crippen molar-refractivity contribution in [2.75, 3.05) is 6.54 Å². The summed E-state index contributed by atoms with van der Waals surface area (Å²) in [6, 6.07) is 0.00824. The van der Waals surface area contributed by atoms with Crippen molar-refractivity contribution in [3.63, 3.8) is 0 Å². The van der Waals surface area contributed by atoms with Crippen LogP contribution in [0.1, 0.15) is 46.5 Å². The van der Waals surface area contributed by atoms with Gasteiger partial charge in [0.1, 0.15) is 0 Å². The van der Waals surface area contributed by atoms with E-state index in [1.807, 2.05) is 11.8 Å². The molecule has 0 spiro atoms. The van der Waals surface area contributed by atoms with E-state index in [-0.39, 0.29) is 18.1 Å². The fourth-order valence-corrected chi connectivity index (χ4v) is 3.13. The molecule has 0 radical (unpaired) electrons. The fraction of sp³-hybridized carbons (Fsp3) is 0.923. The highest BCUT2D eigenvalue weighted by Gasteiger charge is 2.35. The monoisotopic (exact) mass is 224 g/mol. The summed E-state index contributed by atoms with van der Waals surface area (Å²) in [5, 5.41) is 3.30. The summed E-state index contributed by atoms with van der Waals surface area (Å²) in [7, 11) is 0. The Hall–Kier alpha value is -0.570. The fourth-order valence-electron chi connectivity index (χ4n) is 3.13. The molecule has 92 valence electrons. The zero-order chi connectivity index (χ0) is 11.7. The Morgan fingerprint density at radius 3 is 2.50 bits per heavy atom. The predicted octanol–water partition coefficient (Wildman–Crippen LogP) is 1.98. The van der Waals surface area contributed by atoms with Crippen LogP contribution in [-0.4, -0.2) is 29.6 Å². The lowest BCUT2D eigenvalue weighted by atomic mass is 9.80. The summed E-state index contributed by atoms with van der Waals surface area (Å²) >= 11 is 0. The SMILES string of the molecule is CC1NC(C)N(CC2CCCCC2C)C1=O. The van der Waals surface area contributed by atoms with E-state index in [2.05, 4.69) is 19.2 Å². The van der Waals surface area contributed by atoms with Crippen LogP contribution >= 0.6 is 0 Å². The first kappa shape index (κ1) is 11.9. The van der Waals surface area contributed by atoms with Gasteiger partial charge >= 0.3 is 0 Å². The van der Waals surface area contributed by atoms with Gasteiger partial charge in [0.25, 0.3) is 0 Å². The molecule has 0 aromatic heterocycles. The van der Waals surface area contributed by atoms with E-state index in [0.29, 0.717) is 5.92 Å². The largest absolute Gasteiger partial charge is 0.326 e. The highest BCUT2D eigenvalue weighted by molar-refractivity contribution is 5.83. The van der Waals surface area contributed by atoms with Crippen LogP contribution in [0.3, 0.4) is 0 Å². The molecule has 2 rings (SSSR count). The second-order valence-electron chi connectivity index (χ2n) is 5.58. The van der Waals surface area contributed by atoms with E-state index in [4.69, 9.17) is 0 Å². The molecule has 4 unspecified atom stereocenters. The van der Waals surface area contributed by atoms with Gasteiger partial charge in [0, 0.05) is 6.54 Å². The van der Waals surface area contributed by atoms with Gasteiger partial charge in [-0.1, -0.05) is 26.2 Å². The second kappa shape index (κ2) is 4.74. The van der Waals surface area contributed by atoms with Crippen molar-refractivity contribution in [3.05, 3.63) is 0 Å². The molecule has 0 bridgehead atoms. The molecule has 0 aromatic carbocycles.